The minimum atomic E-state index is 0.0298. The van der Waals surface area contributed by atoms with Gasteiger partial charge in [-0.1, -0.05) is 6.07 Å². The molecule has 2 N–H and O–H groups in total. The molecule has 1 heterocycles. The van der Waals surface area contributed by atoms with Crippen LogP contribution < -0.4 is 15.2 Å². The van der Waals surface area contributed by atoms with Crippen molar-refractivity contribution in [3.63, 3.8) is 0 Å². The number of carbonyl (C=O) groups is 1. The molecule has 6 nitrogen and oxygen atoms in total. The number of fused-ring (bicyclic) bond motifs is 1. The predicted molar refractivity (Wildman–Crippen MR) is 73.5 cm³/mol. The molecule has 1 aromatic rings. The summed E-state index contributed by atoms with van der Waals surface area (Å²) in [6, 6.07) is 5.69. The Morgan fingerprint density at radius 3 is 2.95 bits per heavy atom. The normalized spacial score (nSPS) is 12.5. The molecule has 2 rings (SSSR count). The van der Waals surface area contributed by atoms with E-state index in [-0.39, 0.29) is 12.7 Å². The number of hydrogen-bond donors (Lipinski definition) is 1. The highest BCUT2D eigenvalue weighted by Crippen LogP contribution is 2.32. The maximum absolute atomic E-state index is 12.0. The zero-order valence-electron chi connectivity index (χ0n) is 11.6. The fourth-order valence-electron chi connectivity index (χ4n) is 2.03. The topological polar surface area (TPSA) is 74.0 Å². The lowest BCUT2D eigenvalue weighted by atomic mass is 10.2. The van der Waals surface area contributed by atoms with Gasteiger partial charge in [-0.25, -0.2) is 0 Å². The molecule has 0 atom stereocenters. The van der Waals surface area contributed by atoms with Crippen LogP contribution in [-0.2, 0) is 16.1 Å². The summed E-state index contributed by atoms with van der Waals surface area (Å²) in [7, 11) is 1.62. The molecular formula is C14H20N2O4. The number of rotatable bonds is 7. The van der Waals surface area contributed by atoms with Crippen molar-refractivity contribution < 1.29 is 19.0 Å². The van der Waals surface area contributed by atoms with Crippen molar-refractivity contribution in [3.8, 4) is 11.5 Å². The monoisotopic (exact) mass is 280 g/mol. The summed E-state index contributed by atoms with van der Waals surface area (Å²) >= 11 is 0. The number of amides is 1. The van der Waals surface area contributed by atoms with E-state index in [0.29, 0.717) is 32.7 Å². The summed E-state index contributed by atoms with van der Waals surface area (Å²) in [4.78, 5) is 13.8. The first-order chi connectivity index (χ1) is 9.74. The third-order valence-corrected chi connectivity index (χ3v) is 3.09. The molecule has 0 bridgehead atoms. The first kappa shape index (κ1) is 14.6. The minimum absolute atomic E-state index is 0.0298. The van der Waals surface area contributed by atoms with Crippen LogP contribution in [0.4, 0.5) is 0 Å². The Labute approximate surface area is 118 Å². The number of benzene rings is 1. The van der Waals surface area contributed by atoms with Crippen molar-refractivity contribution in [2.24, 2.45) is 5.73 Å². The molecule has 1 aliphatic rings. The zero-order valence-corrected chi connectivity index (χ0v) is 11.6. The molecule has 0 aromatic heterocycles. The molecule has 1 amide bonds. The van der Waals surface area contributed by atoms with Gasteiger partial charge in [-0.2, -0.15) is 0 Å². The SMILES string of the molecule is COCCN(Cc1ccc2c(c1)OCO2)C(=O)CCN. The van der Waals surface area contributed by atoms with Crippen LogP contribution in [0.15, 0.2) is 18.2 Å². The van der Waals surface area contributed by atoms with Crippen LogP contribution in [-0.4, -0.2) is 44.4 Å². The highest BCUT2D eigenvalue weighted by molar-refractivity contribution is 5.76. The third kappa shape index (κ3) is 3.61. The maximum atomic E-state index is 12.0. The highest BCUT2D eigenvalue weighted by atomic mass is 16.7. The lowest BCUT2D eigenvalue weighted by Crippen LogP contribution is -2.34. The second kappa shape index (κ2) is 7.12. The van der Waals surface area contributed by atoms with Gasteiger partial charge in [0, 0.05) is 33.2 Å². The summed E-state index contributed by atoms with van der Waals surface area (Å²) in [5.74, 6) is 1.49. The van der Waals surface area contributed by atoms with Crippen molar-refractivity contribution in [2.45, 2.75) is 13.0 Å². The second-order valence-corrected chi connectivity index (χ2v) is 4.53. The van der Waals surface area contributed by atoms with Crippen LogP contribution in [0.25, 0.3) is 0 Å². The minimum Gasteiger partial charge on any atom is -0.454 e. The van der Waals surface area contributed by atoms with Crippen LogP contribution in [0, 0.1) is 0 Å². The van der Waals surface area contributed by atoms with Gasteiger partial charge in [0.15, 0.2) is 11.5 Å². The van der Waals surface area contributed by atoms with E-state index in [9.17, 15) is 4.79 Å². The smallest absolute Gasteiger partial charge is 0.231 e. The van der Waals surface area contributed by atoms with Crippen LogP contribution in [0.1, 0.15) is 12.0 Å². The van der Waals surface area contributed by atoms with E-state index in [0.717, 1.165) is 17.1 Å². The number of nitrogens with zero attached hydrogens (tertiary/aromatic N) is 1. The predicted octanol–water partition coefficient (Wildman–Crippen LogP) is 0.739. The molecule has 0 unspecified atom stereocenters. The van der Waals surface area contributed by atoms with Gasteiger partial charge < -0.3 is 24.8 Å². The van der Waals surface area contributed by atoms with E-state index in [1.54, 1.807) is 12.0 Å². The fraction of sp³-hybridized carbons (Fsp3) is 0.500. The van der Waals surface area contributed by atoms with E-state index in [1.165, 1.54) is 0 Å². The van der Waals surface area contributed by atoms with E-state index in [2.05, 4.69) is 0 Å². The van der Waals surface area contributed by atoms with Crippen LogP contribution in [0.3, 0.4) is 0 Å². The van der Waals surface area contributed by atoms with E-state index < -0.39 is 0 Å². The Kier molecular flexibility index (Phi) is 5.20. The Bertz CT molecular complexity index is 464. The summed E-state index contributed by atoms with van der Waals surface area (Å²) in [6.07, 6.45) is 0.342. The van der Waals surface area contributed by atoms with Gasteiger partial charge in [0.25, 0.3) is 0 Å². The van der Waals surface area contributed by atoms with Crippen LogP contribution in [0.2, 0.25) is 0 Å². The van der Waals surface area contributed by atoms with Crippen molar-refractivity contribution in [3.05, 3.63) is 23.8 Å². The van der Waals surface area contributed by atoms with Crippen LogP contribution in [0.5, 0.6) is 11.5 Å². The quantitative estimate of drug-likeness (QED) is 0.797. The van der Waals surface area contributed by atoms with Gasteiger partial charge in [0.2, 0.25) is 12.7 Å². The number of hydrogen-bond acceptors (Lipinski definition) is 5. The Morgan fingerprint density at radius 2 is 2.20 bits per heavy atom. The lowest BCUT2D eigenvalue weighted by molar-refractivity contribution is -0.132. The Balaban J connectivity index is 2.04. The van der Waals surface area contributed by atoms with Crippen molar-refractivity contribution >= 4 is 5.91 Å². The number of nitrogens with two attached hydrogens (primary N) is 1. The van der Waals surface area contributed by atoms with Gasteiger partial charge in [0.1, 0.15) is 0 Å². The maximum Gasteiger partial charge on any atom is 0.231 e. The molecule has 1 aromatic carbocycles. The molecular weight excluding hydrogens is 260 g/mol. The zero-order chi connectivity index (χ0) is 14.4. The van der Waals surface area contributed by atoms with Crippen LogP contribution >= 0.6 is 0 Å². The third-order valence-electron chi connectivity index (χ3n) is 3.09. The van der Waals surface area contributed by atoms with Gasteiger partial charge in [-0.3, -0.25) is 4.79 Å². The van der Waals surface area contributed by atoms with Crippen molar-refractivity contribution in [2.75, 3.05) is 33.6 Å². The van der Waals surface area contributed by atoms with Gasteiger partial charge in [0.05, 0.1) is 6.61 Å². The van der Waals surface area contributed by atoms with Gasteiger partial charge in [-0.05, 0) is 17.7 Å². The Morgan fingerprint density at radius 1 is 1.40 bits per heavy atom. The summed E-state index contributed by atoms with van der Waals surface area (Å²) < 4.78 is 15.7. The van der Waals surface area contributed by atoms with E-state index >= 15 is 0 Å². The largest absolute Gasteiger partial charge is 0.454 e. The molecule has 1 aliphatic heterocycles. The molecule has 0 saturated carbocycles. The lowest BCUT2D eigenvalue weighted by Gasteiger charge is -2.22. The molecule has 0 fully saturated rings. The highest BCUT2D eigenvalue weighted by Gasteiger charge is 2.17. The average Bonchev–Trinajstić information content (AvgIpc) is 2.91. The van der Waals surface area contributed by atoms with Crippen molar-refractivity contribution in [1.82, 2.24) is 4.90 Å². The van der Waals surface area contributed by atoms with Crippen molar-refractivity contribution in [1.29, 1.82) is 0 Å². The number of methoxy groups -OCH3 is 1. The summed E-state index contributed by atoms with van der Waals surface area (Å²) in [6.45, 7) is 2.16. The first-order valence-electron chi connectivity index (χ1n) is 6.60. The second-order valence-electron chi connectivity index (χ2n) is 4.53. The summed E-state index contributed by atoms with van der Waals surface area (Å²) in [5.41, 5.74) is 6.44. The number of carbonyl (C=O) groups excluding carboxylic acids is 1. The molecule has 110 valence electrons. The number of ether oxygens (including phenoxy) is 3. The molecule has 20 heavy (non-hydrogen) atoms. The molecule has 0 radical (unpaired) electrons. The first-order valence-corrected chi connectivity index (χ1v) is 6.60. The standard InChI is InChI=1S/C14H20N2O4/c1-18-7-6-16(14(17)4-5-15)9-11-2-3-12-13(8-11)20-10-19-12/h2-3,8H,4-7,9-10,15H2,1H3. The molecule has 0 saturated heterocycles. The summed E-state index contributed by atoms with van der Waals surface area (Å²) in [5, 5.41) is 0. The van der Waals surface area contributed by atoms with E-state index in [1.807, 2.05) is 18.2 Å². The fourth-order valence-corrected chi connectivity index (χ4v) is 2.03. The van der Waals surface area contributed by atoms with E-state index in [4.69, 9.17) is 19.9 Å². The van der Waals surface area contributed by atoms with Gasteiger partial charge >= 0.3 is 0 Å². The molecule has 0 aliphatic carbocycles. The molecule has 0 spiro atoms. The Hall–Kier alpha value is -1.79. The molecule has 6 heteroatoms. The average molecular weight is 280 g/mol. The van der Waals surface area contributed by atoms with Gasteiger partial charge in [-0.15, -0.1) is 0 Å².